The number of halogens is 1. The molecule has 0 radical (unpaired) electrons. The average molecular weight is 437 g/mol. The third-order valence-electron chi connectivity index (χ3n) is 5.10. The summed E-state index contributed by atoms with van der Waals surface area (Å²) in [6.45, 7) is 3.26. The molecule has 166 valence electrons. The molecule has 1 amide bonds. The zero-order chi connectivity index (χ0) is 22.5. The van der Waals surface area contributed by atoms with Crippen molar-refractivity contribution in [3.8, 4) is 11.5 Å². The minimum atomic E-state index is -0.678. The Hall–Kier alpha value is -3.75. The van der Waals surface area contributed by atoms with Crippen LogP contribution in [-0.2, 0) is 4.74 Å². The molecular formula is C23H24FN5O3. The van der Waals surface area contributed by atoms with Crippen LogP contribution in [0.25, 0.3) is 0 Å². The van der Waals surface area contributed by atoms with Gasteiger partial charge >= 0.3 is 6.09 Å². The molecular weight excluding hydrogens is 413 g/mol. The molecule has 1 aliphatic heterocycles. The number of carbonyl (C=O) groups is 1. The monoisotopic (exact) mass is 437 g/mol. The number of carbonyl (C=O) groups excluding carboxylic acids is 1. The molecule has 0 saturated carbocycles. The minimum absolute atomic E-state index is 0.147. The van der Waals surface area contributed by atoms with Gasteiger partial charge in [-0.2, -0.15) is 15.0 Å². The van der Waals surface area contributed by atoms with Gasteiger partial charge in [-0.15, -0.1) is 0 Å². The number of benzene rings is 2. The van der Waals surface area contributed by atoms with E-state index >= 15 is 0 Å². The Bertz CT molecular complexity index is 1060. The van der Waals surface area contributed by atoms with E-state index < -0.39 is 18.8 Å². The normalized spacial score (nSPS) is 16.5. The van der Waals surface area contributed by atoms with Crippen LogP contribution in [0.1, 0.15) is 30.8 Å². The van der Waals surface area contributed by atoms with Crippen LogP contribution in [0.5, 0.6) is 11.5 Å². The predicted molar refractivity (Wildman–Crippen MR) is 118 cm³/mol. The van der Waals surface area contributed by atoms with Crippen LogP contribution in [0.2, 0.25) is 0 Å². The summed E-state index contributed by atoms with van der Waals surface area (Å²) in [6, 6.07) is 15.7. The molecule has 2 atom stereocenters. The number of alkyl halides is 1. The van der Waals surface area contributed by atoms with Crippen molar-refractivity contribution in [2.75, 3.05) is 23.5 Å². The lowest BCUT2D eigenvalue weighted by molar-refractivity contribution is 0.178. The van der Waals surface area contributed by atoms with E-state index in [9.17, 15) is 9.18 Å². The second kappa shape index (κ2) is 9.59. The fraction of sp³-hybridized carbons (Fsp3) is 0.304. The van der Waals surface area contributed by atoms with Crippen LogP contribution >= 0.6 is 0 Å². The second-order valence-corrected chi connectivity index (χ2v) is 7.35. The maximum atomic E-state index is 13.9. The average Bonchev–Trinajstić information content (AvgIpc) is 3.19. The SMILES string of the molecule is CC[C@H]1COC(=O)N1c1nc(C)nc(N[C@H](CF)c2ccc(Oc3ccccc3)cc2)n1. The molecule has 2 aromatic carbocycles. The Kier molecular flexibility index (Phi) is 6.44. The highest BCUT2D eigenvalue weighted by atomic mass is 19.1. The Labute approximate surface area is 185 Å². The first kappa shape index (κ1) is 21.5. The summed E-state index contributed by atoms with van der Waals surface area (Å²) in [5, 5.41) is 3.01. The Morgan fingerprint density at radius 3 is 2.53 bits per heavy atom. The number of nitrogens with one attached hydrogen (secondary N) is 1. The minimum Gasteiger partial charge on any atom is -0.457 e. The zero-order valence-electron chi connectivity index (χ0n) is 17.9. The van der Waals surface area contributed by atoms with E-state index in [1.165, 1.54) is 4.90 Å². The van der Waals surface area contributed by atoms with E-state index in [4.69, 9.17) is 9.47 Å². The predicted octanol–water partition coefficient (Wildman–Crippen LogP) is 4.83. The second-order valence-electron chi connectivity index (χ2n) is 7.35. The quantitative estimate of drug-likeness (QED) is 0.540. The highest BCUT2D eigenvalue weighted by Crippen LogP contribution is 2.26. The maximum Gasteiger partial charge on any atom is 0.417 e. The number of para-hydroxylation sites is 1. The zero-order valence-corrected chi connectivity index (χ0v) is 17.9. The van der Waals surface area contributed by atoms with Crippen molar-refractivity contribution >= 4 is 18.0 Å². The molecule has 0 aliphatic carbocycles. The topological polar surface area (TPSA) is 89.5 Å². The molecule has 2 heterocycles. The van der Waals surface area contributed by atoms with Gasteiger partial charge in [-0.1, -0.05) is 37.3 Å². The molecule has 1 aliphatic rings. The lowest BCUT2D eigenvalue weighted by Gasteiger charge is -2.20. The van der Waals surface area contributed by atoms with Crippen molar-refractivity contribution in [1.82, 2.24) is 15.0 Å². The molecule has 8 nitrogen and oxygen atoms in total. The highest BCUT2D eigenvalue weighted by molar-refractivity contribution is 5.88. The fourth-order valence-corrected chi connectivity index (χ4v) is 3.41. The third-order valence-corrected chi connectivity index (χ3v) is 5.10. The highest BCUT2D eigenvalue weighted by Gasteiger charge is 2.35. The molecule has 0 bridgehead atoms. The van der Waals surface area contributed by atoms with Crippen molar-refractivity contribution in [3.63, 3.8) is 0 Å². The van der Waals surface area contributed by atoms with Crippen LogP contribution in [0, 0.1) is 6.92 Å². The first-order valence-electron chi connectivity index (χ1n) is 10.4. The van der Waals surface area contributed by atoms with Crippen LogP contribution in [0.15, 0.2) is 54.6 Å². The first-order valence-corrected chi connectivity index (χ1v) is 10.4. The summed E-state index contributed by atoms with van der Waals surface area (Å²) in [4.78, 5) is 26.4. The van der Waals surface area contributed by atoms with E-state index in [0.29, 0.717) is 23.6 Å². The largest absolute Gasteiger partial charge is 0.457 e. The van der Waals surface area contributed by atoms with Crippen molar-refractivity contribution in [2.24, 2.45) is 0 Å². The molecule has 9 heteroatoms. The van der Waals surface area contributed by atoms with Gasteiger partial charge in [-0.3, -0.25) is 0 Å². The Balaban J connectivity index is 1.51. The molecule has 0 unspecified atom stereocenters. The number of nitrogens with zero attached hydrogens (tertiary/aromatic N) is 4. The van der Waals surface area contributed by atoms with Crippen LogP contribution in [-0.4, -0.2) is 40.4 Å². The van der Waals surface area contributed by atoms with E-state index in [-0.39, 0.29) is 24.5 Å². The van der Waals surface area contributed by atoms with Gasteiger partial charge in [0.05, 0.1) is 12.1 Å². The van der Waals surface area contributed by atoms with Gasteiger partial charge < -0.3 is 14.8 Å². The summed E-state index contributed by atoms with van der Waals surface area (Å²) in [6.07, 6.45) is 0.202. The number of cyclic esters (lactones) is 1. The molecule has 3 aromatic rings. The van der Waals surface area contributed by atoms with Crippen LogP contribution in [0.3, 0.4) is 0 Å². The summed E-state index contributed by atoms with van der Waals surface area (Å²) in [5.74, 6) is 2.16. The Morgan fingerprint density at radius 2 is 1.84 bits per heavy atom. The van der Waals surface area contributed by atoms with Gasteiger partial charge in [-0.25, -0.2) is 14.1 Å². The number of ether oxygens (including phenoxy) is 2. The molecule has 0 spiro atoms. The number of rotatable bonds is 8. The third kappa shape index (κ3) is 4.77. The number of hydrogen-bond acceptors (Lipinski definition) is 7. The summed E-state index contributed by atoms with van der Waals surface area (Å²) in [7, 11) is 0. The molecule has 32 heavy (non-hydrogen) atoms. The van der Waals surface area contributed by atoms with Crippen molar-refractivity contribution < 1.29 is 18.7 Å². The first-order chi connectivity index (χ1) is 15.6. The van der Waals surface area contributed by atoms with Gasteiger partial charge in [0.15, 0.2) is 0 Å². The summed E-state index contributed by atoms with van der Waals surface area (Å²) >= 11 is 0. The molecule has 1 N–H and O–H groups in total. The molecule has 1 fully saturated rings. The molecule has 4 rings (SSSR count). The van der Waals surface area contributed by atoms with Gasteiger partial charge in [0.2, 0.25) is 11.9 Å². The standard InChI is InChI=1S/C23H24FN5O3/c1-3-17-14-31-23(30)29(17)22-26-15(2)25-21(28-22)27-20(13-24)16-9-11-19(12-10-16)32-18-7-5-4-6-8-18/h4-12,17,20H,3,13-14H2,1-2H3,(H,25,26,27,28)/t17-,20+/m0/s1. The summed E-state index contributed by atoms with van der Waals surface area (Å²) < 4.78 is 24.8. The fourth-order valence-electron chi connectivity index (χ4n) is 3.41. The smallest absolute Gasteiger partial charge is 0.417 e. The van der Waals surface area contributed by atoms with Crippen LogP contribution in [0.4, 0.5) is 21.1 Å². The number of hydrogen-bond donors (Lipinski definition) is 1. The summed E-state index contributed by atoms with van der Waals surface area (Å²) in [5.41, 5.74) is 0.708. The van der Waals surface area contributed by atoms with E-state index in [1.807, 2.05) is 37.3 Å². The lowest BCUT2D eigenvalue weighted by atomic mass is 10.1. The van der Waals surface area contributed by atoms with Gasteiger partial charge in [-0.05, 0) is 43.2 Å². The molecule has 1 saturated heterocycles. The van der Waals surface area contributed by atoms with Crippen LogP contribution < -0.4 is 15.0 Å². The van der Waals surface area contributed by atoms with Gasteiger partial charge in [0, 0.05) is 0 Å². The molecule has 1 aromatic heterocycles. The number of amides is 1. The van der Waals surface area contributed by atoms with Crippen molar-refractivity contribution in [1.29, 1.82) is 0 Å². The van der Waals surface area contributed by atoms with E-state index in [0.717, 1.165) is 5.75 Å². The van der Waals surface area contributed by atoms with Crippen molar-refractivity contribution in [3.05, 3.63) is 66.0 Å². The van der Waals surface area contributed by atoms with Gasteiger partial charge in [0.25, 0.3) is 0 Å². The number of aryl methyl sites for hydroxylation is 1. The number of anilines is 2. The van der Waals surface area contributed by atoms with E-state index in [2.05, 4.69) is 20.3 Å². The number of aromatic nitrogens is 3. The van der Waals surface area contributed by atoms with Gasteiger partial charge in [0.1, 0.15) is 30.6 Å². The van der Waals surface area contributed by atoms with E-state index in [1.54, 1.807) is 31.2 Å². The lowest BCUT2D eigenvalue weighted by Crippen LogP contribution is -2.35. The Morgan fingerprint density at radius 1 is 1.12 bits per heavy atom. The maximum absolute atomic E-state index is 13.9. The van der Waals surface area contributed by atoms with Crippen molar-refractivity contribution in [2.45, 2.75) is 32.4 Å².